The predicted octanol–water partition coefficient (Wildman–Crippen LogP) is 4.29. The largest absolute Gasteiger partial charge is 0.487 e. The average molecular weight is 286 g/mol. The van der Waals surface area contributed by atoms with Gasteiger partial charge in [-0.1, -0.05) is 29.3 Å². The second-order valence-electron chi connectivity index (χ2n) is 3.71. The first-order chi connectivity index (χ1) is 8.56. The number of nitrogens with two attached hydrogens (primary N) is 1. The van der Waals surface area contributed by atoms with Gasteiger partial charge in [-0.3, -0.25) is 0 Å². The highest BCUT2D eigenvalue weighted by Crippen LogP contribution is 2.28. The fourth-order valence-corrected chi connectivity index (χ4v) is 1.91. The van der Waals surface area contributed by atoms with E-state index in [1.165, 1.54) is 12.1 Å². The molecule has 0 bridgehead atoms. The molecule has 0 unspecified atom stereocenters. The molecule has 0 atom stereocenters. The Balaban J connectivity index is 2.11. The number of nitrogen functional groups attached to an aromatic ring is 1. The van der Waals surface area contributed by atoms with Gasteiger partial charge in [0.1, 0.15) is 18.2 Å². The van der Waals surface area contributed by atoms with Gasteiger partial charge in [0.05, 0.1) is 5.02 Å². The molecule has 0 saturated carbocycles. The Morgan fingerprint density at radius 2 is 1.89 bits per heavy atom. The van der Waals surface area contributed by atoms with Crippen molar-refractivity contribution in [3.8, 4) is 5.75 Å². The van der Waals surface area contributed by atoms with E-state index in [0.29, 0.717) is 27.0 Å². The molecule has 0 fully saturated rings. The van der Waals surface area contributed by atoms with Crippen molar-refractivity contribution in [2.75, 3.05) is 5.73 Å². The Labute approximate surface area is 114 Å². The Kier molecular flexibility index (Phi) is 3.94. The molecule has 2 rings (SSSR count). The summed E-state index contributed by atoms with van der Waals surface area (Å²) in [5.74, 6) is 0.130. The van der Waals surface area contributed by atoms with Crippen LogP contribution in [0.15, 0.2) is 36.4 Å². The fourth-order valence-electron chi connectivity index (χ4n) is 1.45. The zero-order valence-electron chi connectivity index (χ0n) is 9.29. The Bertz CT molecular complexity index is 523. The van der Waals surface area contributed by atoms with E-state index in [1.807, 2.05) is 0 Å². The van der Waals surface area contributed by atoms with Crippen molar-refractivity contribution in [3.63, 3.8) is 0 Å². The second-order valence-corrected chi connectivity index (χ2v) is 4.55. The van der Waals surface area contributed by atoms with Gasteiger partial charge in [-0.25, -0.2) is 4.39 Å². The molecule has 0 aromatic heterocycles. The molecule has 0 saturated heterocycles. The van der Waals surface area contributed by atoms with Crippen LogP contribution >= 0.6 is 23.2 Å². The van der Waals surface area contributed by atoms with Crippen LogP contribution in [0.3, 0.4) is 0 Å². The highest BCUT2D eigenvalue weighted by Gasteiger charge is 2.05. The SMILES string of the molecule is Nc1cc(F)ccc1COc1ccc(Cl)cc1Cl. The first-order valence-electron chi connectivity index (χ1n) is 5.18. The zero-order chi connectivity index (χ0) is 13.1. The second kappa shape index (κ2) is 5.46. The van der Waals surface area contributed by atoms with Crippen molar-refractivity contribution in [1.82, 2.24) is 0 Å². The Hall–Kier alpha value is -1.45. The van der Waals surface area contributed by atoms with E-state index in [1.54, 1.807) is 24.3 Å². The highest BCUT2D eigenvalue weighted by molar-refractivity contribution is 6.35. The van der Waals surface area contributed by atoms with Crippen molar-refractivity contribution in [3.05, 3.63) is 57.8 Å². The smallest absolute Gasteiger partial charge is 0.138 e. The Morgan fingerprint density at radius 3 is 2.56 bits per heavy atom. The van der Waals surface area contributed by atoms with Gasteiger partial charge in [0.15, 0.2) is 0 Å². The maximum absolute atomic E-state index is 12.9. The molecule has 0 heterocycles. The number of hydrogen-bond donors (Lipinski definition) is 1. The number of ether oxygens (including phenoxy) is 1. The zero-order valence-corrected chi connectivity index (χ0v) is 10.8. The van der Waals surface area contributed by atoms with Gasteiger partial charge in [0, 0.05) is 16.3 Å². The summed E-state index contributed by atoms with van der Waals surface area (Å²) in [5, 5.41) is 0.955. The van der Waals surface area contributed by atoms with E-state index in [0.717, 1.165) is 0 Å². The van der Waals surface area contributed by atoms with Crippen LogP contribution in [0.1, 0.15) is 5.56 Å². The molecule has 0 aliphatic heterocycles. The van der Waals surface area contributed by atoms with Gasteiger partial charge in [0.25, 0.3) is 0 Å². The van der Waals surface area contributed by atoms with Crippen LogP contribution in [0.25, 0.3) is 0 Å². The number of halogens is 3. The van der Waals surface area contributed by atoms with Gasteiger partial charge >= 0.3 is 0 Å². The van der Waals surface area contributed by atoms with Crippen molar-refractivity contribution in [2.24, 2.45) is 0 Å². The minimum absolute atomic E-state index is 0.216. The quantitative estimate of drug-likeness (QED) is 0.854. The van der Waals surface area contributed by atoms with Crippen LogP contribution in [0.2, 0.25) is 10.0 Å². The summed E-state index contributed by atoms with van der Waals surface area (Å²) in [7, 11) is 0. The molecule has 2 aromatic rings. The van der Waals surface area contributed by atoms with Crippen LogP contribution in [-0.4, -0.2) is 0 Å². The molecule has 0 radical (unpaired) electrons. The van der Waals surface area contributed by atoms with E-state index in [2.05, 4.69) is 0 Å². The third-order valence-electron chi connectivity index (χ3n) is 2.39. The summed E-state index contributed by atoms with van der Waals surface area (Å²) >= 11 is 11.7. The first-order valence-corrected chi connectivity index (χ1v) is 5.93. The lowest BCUT2D eigenvalue weighted by Crippen LogP contribution is -2.01. The van der Waals surface area contributed by atoms with Gasteiger partial charge in [0.2, 0.25) is 0 Å². The van der Waals surface area contributed by atoms with E-state index < -0.39 is 0 Å². The maximum Gasteiger partial charge on any atom is 0.138 e. The molecule has 0 amide bonds. The molecule has 0 spiro atoms. The van der Waals surface area contributed by atoms with Crippen molar-refractivity contribution in [2.45, 2.75) is 6.61 Å². The average Bonchev–Trinajstić information content (AvgIpc) is 2.30. The minimum Gasteiger partial charge on any atom is -0.487 e. The van der Waals surface area contributed by atoms with Gasteiger partial charge < -0.3 is 10.5 Å². The topological polar surface area (TPSA) is 35.2 Å². The molecule has 2 aromatic carbocycles. The standard InChI is InChI=1S/C13H10Cl2FNO/c14-9-2-4-13(11(15)5-9)18-7-8-1-3-10(16)6-12(8)17/h1-6H,7,17H2. The van der Waals surface area contributed by atoms with Gasteiger partial charge in [-0.15, -0.1) is 0 Å². The number of anilines is 1. The summed E-state index contributed by atoms with van der Waals surface area (Å²) in [6.45, 7) is 0.216. The van der Waals surface area contributed by atoms with Gasteiger partial charge in [-0.05, 0) is 30.3 Å². The molecule has 0 aliphatic carbocycles. The molecule has 18 heavy (non-hydrogen) atoms. The van der Waals surface area contributed by atoms with Crippen LogP contribution in [0, 0.1) is 5.82 Å². The maximum atomic E-state index is 12.9. The van der Waals surface area contributed by atoms with Crippen LogP contribution in [-0.2, 0) is 6.61 Å². The summed E-state index contributed by atoms with van der Waals surface area (Å²) in [4.78, 5) is 0. The molecular formula is C13H10Cl2FNO. The first kappa shape index (κ1) is 13.0. The third kappa shape index (κ3) is 3.06. The number of hydrogen-bond acceptors (Lipinski definition) is 2. The van der Waals surface area contributed by atoms with Crippen molar-refractivity contribution in [1.29, 1.82) is 0 Å². The molecule has 94 valence electrons. The van der Waals surface area contributed by atoms with E-state index in [9.17, 15) is 4.39 Å². The molecule has 2 N–H and O–H groups in total. The summed E-state index contributed by atoms with van der Waals surface area (Å²) in [5.41, 5.74) is 6.72. The van der Waals surface area contributed by atoms with E-state index in [4.69, 9.17) is 33.7 Å². The monoisotopic (exact) mass is 285 g/mol. The van der Waals surface area contributed by atoms with Gasteiger partial charge in [-0.2, -0.15) is 0 Å². The van der Waals surface area contributed by atoms with Crippen LogP contribution in [0.5, 0.6) is 5.75 Å². The molecule has 0 aliphatic rings. The lowest BCUT2D eigenvalue weighted by molar-refractivity contribution is 0.307. The molecular weight excluding hydrogens is 276 g/mol. The highest BCUT2D eigenvalue weighted by atomic mass is 35.5. The van der Waals surface area contributed by atoms with Crippen LogP contribution < -0.4 is 10.5 Å². The van der Waals surface area contributed by atoms with Crippen molar-refractivity contribution < 1.29 is 9.13 Å². The summed E-state index contributed by atoms with van der Waals surface area (Å²) < 4.78 is 18.4. The summed E-state index contributed by atoms with van der Waals surface area (Å²) in [6, 6.07) is 9.10. The molecule has 5 heteroatoms. The fraction of sp³-hybridized carbons (Fsp3) is 0.0769. The minimum atomic E-state index is -0.374. The normalized spacial score (nSPS) is 10.4. The predicted molar refractivity (Wildman–Crippen MR) is 71.6 cm³/mol. The Morgan fingerprint density at radius 1 is 1.11 bits per heavy atom. The molecule has 2 nitrogen and oxygen atoms in total. The lowest BCUT2D eigenvalue weighted by Gasteiger charge is -2.10. The van der Waals surface area contributed by atoms with Crippen LogP contribution in [0.4, 0.5) is 10.1 Å². The van der Waals surface area contributed by atoms with E-state index in [-0.39, 0.29) is 12.4 Å². The third-order valence-corrected chi connectivity index (χ3v) is 2.92. The van der Waals surface area contributed by atoms with Crippen molar-refractivity contribution >= 4 is 28.9 Å². The lowest BCUT2D eigenvalue weighted by atomic mass is 10.2. The number of rotatable bonds is 3. The van der Waals surface area contributed by atoms with E-state index >= 15 is 0 Å². The summed E-state index contributed by atoms with van der Waals surface area (Å²) in [6.07, 6.45) is 0. The number of benzene rings is 2.